The molecule has 3 nitrogen and oxygen atoms in total. The van der Waals surface area contributed by atoms with Crippen LogP contribution >= 0.6 is 0 Å². The number of nitrogens with zero attached hydrogens (tertiary/aromatic N) is 1. The van der Waals surface area contributed by atoms with Gasteiger partial charge in [0.1, 0.15) is 0 Å². The Morgan fingerprint density at radius 2 is 1.13 bits per heavy atom. The van der Waals surface area contributed by atoms with Crippen molar-refractivity contribution in [3.63, 3.8) is 0 Å². The van der Waals surface area contributed by atoms with Gasteiger partial charge in [-0.2, -0.15) is 62.2 Å². The van der Waals surface area contributed by atoms with E-state index in [1.165, 1.54) is 30.3 Å². The fraction of sp³-hybridized carbons (Fsp3) is 0.429. The van der Waals surface area contributed by atoms with Crippen molar-refractivity contribution in [2.45, 2.75) is 35.8 Å². The monoisotopic (exact) mass is 466 g/mol. The van der Waals surface area contributed by atoms with Gasteiger partial charge in [-0.15, -0.1) is 0 Å². The quantitative estimate of drug-likeness (QED) is 0.348. The number of halogens is 13. The van der Waals surface area contributed by atoms with Gasteiger partial charge in [0.05, 0.1) is 6.21 Å². The Balaban J connectivity index is 3.24. The largest absolute Gasteiger partial charge is 0.460 e. The molecule has 0 fully saturated rings. The molecular weight excluding hydrogens is 459 g/mol. The van der Waals surface area contributed by atoms with Gasteiger partial charge >= 0.3 is 41.7 Å². The Kier molecular flexibility index (Phi) is 6.46. The van der Waals surface area contributed by atoms with Crippen LogP contribution < -0.4 is 5.43 Å². The maximum absolute atomic E-state index is 13.5. The number of rotatable bonds is 7. The molecule has 0 saturated carbocycles. The predicted octanol–water partition coefficient (Wildman–Crippen LogP) is 4.88. The van der Waals surface area contributed by atoms with Gasteiger partial charge in [0, 0.05) is 0 Å². The number of benzene rings is 1. The molecular formula is C14H7F13N2O. The summed E-state index contributed by atoms with van der Waals surface area (Å²) in [6.45, 7) is 0. The molecule has 1 aromatic rings. The molecule has 170 valence electrons. The molecule has 0 aliphatic heterocycles. The Bertz CT molecular complexity index is 787. The SMILES string of the molecule is O=C(N/N=C/c1ccccc1)C(F)(F)C(F)(F)C(F)(F)C(F)(F)C(F)(F)C(F)(F)F. The van der Waals surface area contributed by atoms with Gasteiger partial charge in [0.15, 0.2) is 0 Å². The zero-order valence-corrected chi connectivity index (χ0v) is 13.7. The third kappa shape index (κ3) is 3.90. The number of hydrazone groups is 1. The molecule has 0 heterocycles. The van der Waals surface area contributed by atoms with Gasteiger partial charge in [-0.25, -0.2) is 5.43 Å². The van der Waals surface area contributed by atoms with E-state index in [1.54, 1.807) is 0 Å². The van der Waals surface area contributed by atoms with E-state index in [1.807, 2.05) is 0 Å². The lowest BCUT2D eigenvalue weighted by molar-refractivity contribution is -0.436. The smallest absolute Gasteiger partial charge is 0.266 e. The minimum Gasteiger partial charge on any atom is -0.266 e. The van der Waals surface area contributed by atoms with E-state index < -0.39 is 41.7 Å². The highest BCUT2D eigenvalue weighted by Gasteiger charge is 2.91. The topological polar surface area (TPSA) is 41.5 Å². The van der Waals surface area contributed by atoms with E-state index in [0.29, 0.717) is 11.6 Å². The second kappa shape index (κ2) is 7.61. The van der Waals surface area contributed by atoms with Crippen LogP contribution in [0.1, 0.15) is 5.56 Å². The van der Waals surface area contributed by atoms with E-state index in [0.717, 1.165) is 0 Å². The van der Waals surface area contributed by atoms with Crippen LogP contribution in [-0.2, 0) is 4.79 Å². The van der Waals surface area contributed by atoms with Crippen LogP contribution in [-0.4, -0.2) is 47.9 Å². The molecule has 0 aliphatic carbocycles. The van der Waals surface area contributed by atoms with E-state index in [2.05, 4.69) is 5.10 Å². The average molecular weight is 466 g/mol. The number of carbonyl (C=O) groups excluding carboxylic acids is 1. The maximum atomic E-state index is 13.5. The van der Waals surface area contributed by atoms with Crippen molar-refractivity contribution in [2.75, 3.05) is 0 Å². The summed E-state index contributed by atoms with van der Waals surface area (Å²) in [5.74, 6) is -42.0. The van der Waals surface area contributed by atoms with Crippen molar-refractivity contribution in [3.8, 4) is 0 Å². The highest BCUT2D eigenvalue weighted by molar-refractivity contribution is 5.87. The molecule has 16 heteroatoms. The highest BCUT2D eigenvalue weighted by Crippen LogP contribution is 2.60. The first-order valence-electron chi connectivity index (χ1n) is 7.09. The molecule has 0 aromatic heterocycles. The summed E-state index contributed by atoms with van der Waals surface area (Å²) in [5.41, 5.74) is 0.619. The fourth-order valence-corrected chi connectivity index (χ4v) is 1.69. The lowest BCUT2D eigenvalue weighted by atomic mass is 9.93. The van der Waals surface area contributed by atoms with Crippen LogP contribution in [0.3, 0.4) is 0 Å². The zero-order chi connectivity index (χ0) is 23.8. The van der Waals surface area contributed by atoms with Crippen molar-refractivity contribution >= 4 is 12.1 Å². The fourth-order valence-electron chi connectivity index (χ4n) is 1.69. The van der Waals surface area contributed by atoms with Crippen molar-refractivity contribution in [3.05, 3.63) is 35.9 Å². The Morgan fingerprint density at radius 3 is 1.57 bits per heavy atom. The normalized spacial score (nSPS) is 14.8. The second-order valence-electron chi connectivity index (χ2n) is 5.48. The van der Waals surface area contributed by atoms with Crippen LogP contribution in [0.15, 0.2) is 35.4 Å². The molecule has 0 aliphatic rings. The van der Waals surface area contributed by atoms with Crippen LogP contribution in [0, 0.1) is 0 Å². The van der Waals surface area contributed by atoms with Crippen molar-refractivity contribution in [1.82, 2.24) is 5.43 Å². The molecule has 1 aromatic carbocycles. The van der Waals surface area contributed by atoms with Crippen LogP contribution in [0.25, 0.3) is 0 Å². The summed E-state index contributed by atoms with van der Waals surface area (Å²) in [6, 6.07) is 6.57. The van der Waals surface area contributed by atoms with E-state index in [-0.39, 0.29) is 5.56 Å². The summed E-state index contributed by atoms with van der Waals surface area (Å²) < 4.78 is 167. The number of nitrogens with one attached hydrogen (secondary N) is 1. The van der Waals surface area contributed by atoms with Gasteiger partial charge < -0.3 is 0 Å². The molecule has 0 radical (unpaired) electrons. The van der Waals surface area contributed by atoms with Gasteiger partial charge in [0.2, 0.25) is 0 Å². The number of amides is 1. The molecule has 0 saturated heterocycles. The highest BCUT2D eigenvalue weighted by atomic mass is 19.4. The third-order valence-electron chi connectivity index (χ3n) is 3.40. The first-order chi connectivity index (χ1) is 13.2. The van der Waals surface area contributed by atoms with Gasteiger partial charge in [-0.05, 0) is 5.56 Å². The summed E-state index contributed by atoms with van der Waals surface area (Å²) in [6.07, 6.45) is -7.01. The number of carbonyl (C=O) groups is 1. The Labute approximate surface area is 157 Å². The van der Waals surface area contributed by atoms with Crippen molar-refractivity contribution in [2.24, 2.45) is 5.10 Å². The van der Waals surface area contributed by atoms with E-state index in [4.69, 9.17) is 0 Å². The van der Waals surface area contributed by atoms with Crippen molar-refractivity contribution < 1.29 is 61.9 Å². The molecule has 0 bridgehead atoms. The molecule has 0 atom stereocenters. The van der Waals surface area contributed by atoms with Crippen molar-refractivity contribution in [1.29, 1.82) is 0 Å². The number of alkyl halides is 13. The van der Waals surface area contributed by atoms with Crippen LogP contribution in [0.2, 0.25) is 0 Å². The number of hydrogen-bond donors (Lipinski definition) is 1. The maximum Gasteiger partial charge on any atom is 0.460 e. The minimum atomic E-state index is -8.07. The van der Waals surface area contributed by atoms with E-state index in [9.17, 15) is 61.9 Å². The Hall–Kier alpha value is -2.55. The van der Waals surface area contributed by atoms with Crippen LogP contribution in [0.4, 0.5) is 57.1 Å². The molecule has 1 amide bonds. The zero-order valence-electron chi connectivity index (χ0n) is 13.7. The van der Waals surface area contributed by atoms with Gasteiger partial charge in [0.25, 0.3) is 0 Å². The summed E-state index contributed by atoms with van der Waals surface area (Å²) in [7, 11) is 0. The predicted molar refractivity (Wildman–Crippen MR) is 73.0 cm³/mol. The first-order valence-corrected chi connectivity index (χ1v) is 7.09. The molecule has 1 N–H and O–H groups in total. The third-order valence-corrected chi connectivity index (χ3v) is 3.40. The van der Waals surface area contributed by atoms with Gasteiger partial charge in [-0.1, -0.05) is 30.3 Å². The molecule has 30 heavy (non-hydrogen) atoms. The average Bonchev–Trinajstić information content (AvgIpc) is 2.60. The Morgan fingerprint density at radius 1 is 0.700 bits per heavy atom. The summed E-state index contributed by atoms with van der Waals surface area (Å²) >= 11 is 0. The molecule has 0 spiro atoms. The van der Waals surface area contributed by atoms with Crippen LogP contribution in [0.5, 0.6) is 0 Å². The summed E-state index contributed by atoms with van der Waals surface area (Å²) in [4.78, 5) is 11.1. The second-order valence-corrected chi connectivity index (χ2v) is 5.48. The molecule has 1 rings (SSSR count). The minimum absolute atomic E-state index is 0.0366. The number of hydrogen-bond acceptors (Lipinski definition) is 2. The lowest BCUT2D eigenvalue weighted by Crippen LogP contribution is -2.71. The molecule has 0 unspecified atom stereocenters. The summed E-state index contributed by atoms with van der Waals surface area (Å²) in [5, 5.41) is 2.66. The van der Waals surface area contributed by atoms with E-state index >= 15 is 0 Å². The van der Waals surface area contributed by atoms with Gasteiger partial charge in [-0.3, -0.25) is 4.79 Å². The first kappa shape index (κ1) is 25.5. The standard InChI is InChI=1S/C14H7F13N2O/c15-9(16,8(30)29-28-6-7-4-2-1-3-5-7)10(17,18)11(19,20)12(21,22)13(23,24)14(25,26)27/h1-6H,(H,29,30)/b28-6+. The lowest BCUT2D eigenvalue weighted by Gasteiger charge is -2.38.